The quantitative estimate of drug-likeness (QED) is 0.479. The summed E-state index contributed by atoms with van der Waals surface area (Å²) in [7, 11) is 0. The molecule has 110 valence electrons. The summed E-state index contributed by atoms with van der Waals surface area (Å²) >= 11 is 3.34. The van der Waals surface area contributed by atoms with Gasteiger partial charge in [-0.15, -0.1) is 0 Å². The summed E-state index contributed by atoms with van der Waals surface area (Å²) in [5.41, 5.74) is 1.88. The highest BCUT2D eigenvalue weighted by atomic mass is 79.9. The number of benzene rings is 1. The zero-order chi connectivity index (χ0) is 14.7. The third-order valence-corrected chi connectivity index (χ3v) is 4.42. The SMILES string of the molecule is CC(C)N1CCN(c2ccc(CBr)cc2[N+](=O)[O-])CC1. The van der Waals surface area contributed by atoms with Crippen molar-refractivity contribution in [2.75, 3.05) is 31.1 Å². The van der Waals surface area contributed by atoms with Crippen molar-refractivity contribution in [2.45, 2.75) is 25.2 Å². The van der Waals surface area contributed by atoms with Gasteiger partial charge in [0.25, 0.3) is 5.69 Å². The van der Waals surface area contributed by atoms with Crippen LogP contribution < -0.4 is 4.90 Å². The van der Waals surface area contributed by atoms with Gasteiger partial charge in [-0.1, -0.05) is 22.0 Å². The Labute approximate surface area is 127 Å². The molecule has 6 heteroatoms. The third-order valence-electron chi connectivity index (χ3n) is 3.78. The van der Waals surface area contributed by atoms with Gasteiger partial charge in [0.05, 0.1) is 4.92 Å². The summed E-state index contributed by atoms with van der Waals surface area (Å²) in [6, 6.07) is 6.02. The van der Waals surface area contributed by atoms with E-state index in [9.17, 15) is 10.1 Å². The number of hydrogen-bond acceptors (Lipinski definition) is 4. The van der Waals surface area contributed by atoms with Crippen molar-refractivity contribution in [2.24, 2.45) is 0 Å². The van der Waals surface area contributed by atoms with Gasteiger partial charge in [-0.05, 0) is 25.5 Å². The van der Waals surface area contributed by atoms with Crippen molar-refractivity contribution < 1.29 is 4.92 Å². The first-order valence-electron chi connectivity index (χ1n) is 6.85. The zero-order valence-electron chi connectivity index (χ0n) is 11.9. The van der Waals surface area contributed by atoms with Gasteiger partial charge in [-0.2, -0.15) is 0 Å². The molecule has 1 aliphatic heterocycles. The average Bonchev–Trinajstić information content (AvgIpc) is 2.46. The third kappa shape index (κ3) is 3.30. The molecule has 0 atom stereocenters. The van der Waals surface area contributed by atoms with Crippen molar-refractivity contribution >= 4 is 27.3 Å². The van der Waals surface area contributed by atoms with Crippen LogP contribution >= 0.6 is 15.9 Å². The average molecular weight is 342 g/mol. The fourth-order valence-corrected chi connectivity index (χ4v) is 2.89. The summed E-state index contributed by atoms with van der Waals surface area (Å²) in [6.45, 7) is 7.95. The van der Waals surface area contributed by atoms with Gasteiger partial charge < -0.3 is 4.90 Å². The van der Waals surface area contributed by atoms with E-state index < -0.39 is 0 Å². The lowest BCUT2D eigenvalue weighted by molar-refractivity contribution is -0.384. The highest BCUT2D eigenvalue weighted by Gasteiger charge is 2.24. The molecule has 0 aliphatic carbocycles. The van der Waals surface area contributed by atoms with Crippen molar-refractivity contribution in [3.8, 4) is 0 Å². The van der Waals surface area contributed by atoms with Crippen LogP contribution in [0.2, 0.25) is 0 Å². The highest BCUT2D eigenvalue weighted by molar-refractivity contribution is 9.08. The standard InChI is InChI=1S/C14H20BrN3O2/c1-11(2)16-5-7-17(8-6-16)13-4-3-12(10-15)9-14(13)18(19)20/h3-4,9,11H,5-8,10H2,1-2H3. The van der Waals surface area contributed by atoms with Crippen molar-refractivity contribution in [1.29, 1.82) is 0 Å². The van der Waals surface area contributed by atoms with E-state index in [1.807, 2.05) is 12.1 Å². The molecule has 0 amide bonds. The topological polar surface area (TPSA) is 49.6 Å². The Bertz CT molecular complexity index is 485. The first-order valence-corrected chi connectivity index (χ1v) is 7.97. The Kier molecular flexibility index (Phi) is 4.99. The minimum absolute atomic E-state index is 0.208. The molecular weight excluding hydrogens is 322 g/mol. The molecule has 1 fully saturated rings. The summed E-state index contributed by atoms with van der Waals surface area (Å²) in [5.74, 6) is 0. The number of piperazine rings is 1. The highest BCUT2D eigenvalue weighted by Crippen LogP contribution is 2.30. The van der Waals surface area contributed by atoms with E-state index in [2.05, 4.69) is 39.6 Å². The fourth-order valence-electron chi connectivity index (χ4n) is 2.54. The number of nitro groups is 1. The molecule has 1 aliphatic rings. The Hall–Kier alpha value is -1.14. The van der Waals surface area contributed by atoms with E-state index in [0.29, 0.717) is 11.4 Å². The summed E-state index contributed by atoms with van der Waals surface area (Å²) in [5, 5.41) is 11.9. The largest absolute Gasteiger partial charge is 0.363 e. The molecule has 0 unspecified atom stereocenters. The van der Waals surface area contributed by atoms with Crippen molar-refractivity contribution in [1.82, 2.24) is 4.90 Å². The maximum absolute atomic E-state index is 11.3. The van der Waals surface area contributed by atoms with Crippen molar-refractivity contribution in [3.05, 3.63) is 33.9 Å². The molecular formula is C14H20BrN3O2. The van der Waals surface area contributed by atoms with Gasteiger partial charge in [-0.25, -0.2) is 0 Å². The Balaban J connectivity index is 2.19. The second-order valence-corrected chi connectivity index (χ2v) is 5.89. The van der Waals surface area contributed by atoms with Crippen LogP contribution in [0.3, 0.4) is 0 Å². The lowest BCUT2D eigenvalue weighted by Crippen LogP contribution is -2.49. The van der Waals surface area contributed by atoms with E-state index >= 15 is 0 Å². The first kappa shape index (κ1) is 15.3. The zero-order valence-corrected chi connectivity index (χ0v) is 13.5. The molecule has 2 rings (SSSR count). The molecule has 0 aromatic heterocycles. The molecule has 0 N–H and O–H groups in total. The van der Waals surface area contributed by atoms with Crippen LogP contribution in [0.1, 0.15) is 19.4 Å². The lowest BCUT2D eigenvalue weighted by Gasteiger charge is -2.37. The molecule has 1 saturated heterocycles. The summed E-state index contributed by atoms with van der Waals surface area (Å²) < 4.78 is 0. The molecule has 20 heavy (non-hydrogen) atoms. The van der Waals surface area contributed by atoms with Crippen LogP contribution in [-0.2, 0) is 5.33 Å². The number of nitrogens with zero attached hydrogens (tertiary/aromatic N) is 3. The normalized spacial score (nSPS) is 16.7. The van der Waals surface area contributed by atoms with Gasteiger partial charge in [-0.3, -0.25) is 15.0 Å². The number of halogens is 1. The monoisotopic (exact) mass is 341 g/mol. The Morgan fingerprint density at radius 1 is 1.30 bits per heavy atom. The van der Waals surface area contributed by atoms with E-state index in [1.165, 1.54) is 0 Å². The van der Waals surface area contributed by atoms with Crippen LogP contribution in [-0.4, -0.2) is 42.0 Å². The minimum atomic E-state index is -0.281. The maximum atomic E-state index is 11.3. The number of rotatable bonds is 4. The van der Waals surface area contributed by atoms with Gasteiger partial charge in [0.2, 0.25) is 0 Å². The minimum Gasteiger partial charge on any atom is -0.363 e. The van der Waals surface area contributed by atoms with Crippen LogP contribution in [0.25, 0.3) is 0 Å². The Morgan fingerprint density at radius 3 is 2.45 bits per heavy atom. The van der Waals surface area contributed by atoms with Gasteiger partial charge in [0, 0.05) is 43.6 Å². The molecule has 1 aromatic carbocycles. The van der Waals surface area contributed by atoms with Gasteiger partial charge in [0.15, 0.2) is 0 Å². The molecule has 5 nitrogen and oxygen atoms in total. The first-order chi connectivity index (χ1) is 9.52. The predicted octanol–water partition coefficient (Wildman–Crippen LogP) is 3.02. The number of hydrogen-bond donors (Lipinski definition) is 0. The second-order valence-electron chi connectivity index (χ2n) is 5.33. The van der Waals surface area contributed by atoms with E-state index in [-0.39, 0.29) is 10.6 Å². The van der Waals surface area contributed by atoms with Crippen molar-refractivity contribution in [3.63, 3.8) is 0 Å². The van der Waals surface area contributed by atoms with Gasteiger partial charge >= 0.3 is 0 Å². The molecule has 1 aromatic rings. The lowest BCUT2D eigenvalue weighted by atomic mass is 10.1. The second kappa shape index (κ2) is 6.54. The van der Waals surface area contributed by atoms with Gasteiger partial charge in [0.1, 0.15) is 5.69 Å². The molecule has 0 saturated carbocycles. The molecule has 0 bridgehead atoms. The number of anilines is 1. The maximum Gasteiger partial charge on any atom is 0.292 e. The van der Waals surface area contributed by atoms with E-state index in [4.69, 9.17) is 0 Å². The molecule has 0 radical (unpaired) electrons. The van der Waals surface area contributed by atoms with E-state index in [0.717, 1.165) is 37.4 Å². The summed E-state index contributed by atoms with van der Waals surface area (Å²) in [4.78, 5) is 15.5. The predicted molar refractivity (Wildman–Crippen MR) is 84.6 cm³/mol. The Morgan fingerprint density at radius 2 is 1.95 bits per heavy atom. The van der Waals surface area contributed by atoms with Crippen LogP contribution in [0.5, 0.6) is 0 Å². The number of nitro benzene ring substituents is 1. The molecule has 1 heterocycles. The van der Waals surface area contributed by atoms with Crippen LogP contribution in [0, 0.1) is 10.1 Å². The smallest absolute Gasteiger partial charge is 0.292 e. The molecule has 0 spiro atoms. The van der Waals surface area contributed by atoms with E-state index in [1.54, 1.807) is 6.07 Å². The number of alkyl halides is 1. The van der Waals surface area contributed by atoms with Crippen LogP contribution in [0.15, 0.2) is 18.2 Å². The summed E-state index contributed by atoms with van der Waals surface area (Å²) in [6.07, 6.45) is 0. The van der Waals surface area contributed by atoms with Crippen LogP contribution in [0.4, 0.5) is 11.4 Å². The fraction of sp³-hybridized carbons (Fsp3) is 0.571.